The van der Waals surface area contributed by atoms with Gasteiger partial charge in [-0.1, -0.05) is 25.1 Å². The zero-order valence-electron chi connectivity index (χ0n) is 11.9. The summed E-state index contributed by atoms with van der Waals surface area (Å²) in [5.41, 5.74) is 3.55. The minimum atomic E-state index is 0.866. The van der Waals surface area contributed by atoms with Gasteiger partial charge in [-0.15, -0.1) is 0 Å². The first-order valence-corrected chi connectivity index (χ1v) is 6.67. The monoisotopic (exact) mass is 255 g/mol. The van der Waals surface area contributed by atoms with Crippen LogP contribution in [0.5, 0.6) is 0 Å². The van der Waals surface area contributed by atoms with Crippen LogP contribution in [0.25, 0.3) is 0 Å². The summed E-state index contributed by atoms with van der Waals surface area (Å²) in [5.74, 6) is 0.996. The normalized spacial score (nSPS) is 10.5. The number of benzene rings is 1. The second-order valence-corrected chi connectivity index (χ2v) is 4.60. The lowest BCUT2D eigenvalue weighted by Crippen LogP contribution is -2.14. The third kappa shape index (κ3) is 3.32. The van der Waals surface area contributed by atoms with Gasteiger partial charge < -0.3 is 10.2 Å². The lowest BCUT2D eigenvalue weighted by Gasteiger charge is -2.20. The Morgan fingerprint density at radius 1 is 1.16 bits per heavy atom. The summed E-state index contributed by atoms with van der Waals surface area (Å²) in [6, 6.07) is 14.6. The van der Waals surface area contributed by atoms with Crippen LogP contribution in [0.2, 0.25) is 0 Å². The van der Waals surface area contributed by atoms with Crippen LogP contribution in [-0.2, 0) is 13.0 Å². The molecule has 1 N–H and O–H groups in total. The summed E-state index contributed by atoms with van der Waals surface area (Å²) >= 11 is 0. The smallest absolute Gasteiger partial charge is 0.133 e. The van der Waals surface area contributed by atoms with E-state index >= 15 is 0 Å². The first-order valence-electron chi connectivity index (χ1n) is 6.67. The second-order valence-electron chi connectivity index (χ2n) is 4.60. The molecule has 0 fully saturated rings. The number of rotatable bonds is 5. The maximum Gasteiger partial charge on any atom is 0.133 e. The molecule has 0 amide bonds. The Kier molecular flexibility index (Phi) is 4.53. The maximum atomic E-state index is 4.71. The minimum Gasteiger partial charge on any atom is -0.329 e. The Morgan fingerprint density at radius 3 is 2.53 bits per heavy atom. The van der Waals surface area contributed by atoms with Crippen LogP contribution in [0.3, 0.4) is 0 Å². The van der Waals surface area contributed by atoms with Gasteiger partial charge in [0.25, 0.3) is 0 Å². The molecule has 0 saturated carbocycles. The summed E-state index contributed by atoms with van der Waals surface area (Å²) < 4.78 is 0. The van der Waals surface area contributed by atoms with Gasteiger partial charge in [0, 0.05) is 25.0 Å². The largest absolute Gasteiger partial charge is 0.329 e. The Labute approximate surface area is 115 Å². The highest BCUT2D eigenvalue weighted by molar-refractivity contribution is 5.59. The number of nitrogens with zero attached hydrogens (tertiary/aromatic N) is 2. The minimum absolute atomic E-state index is 0.866. The van der Waals surface area contributed by atoms with Crippen molar-refractivity contribution in [3.05, 3.63) is 53.7 Å². The van der Waals surface area contributed by atoms with Crippen molar-refractivity contribution in [3.63, 3.8) is 0 Å². The van der Waals surface area contributed by atoms with Gasteiger partial charge >= 0.3 is 0 Å². The van der Waals surface area contributed by atoms with E-state index in [2.05, 4.69) is 48.5 Å². The molecule has 0 aliphatic carbocycles. The van der Waals surface area contributed by atoms with E-state index in [0.29, 0.717) is 0 Å². The predicted molar refractivity (Wildman–Crippen MR) is 80.9 cm³/mol. The zero-order chi connectivity index (χ0) is 13.7. The quantitative estimate of drug-likeness (QED) is 0.889. The molecule has 100 valence electrons. The standard InChI is InChI=1S/C16H21N3/c1-4-14-10-13(12-17-2)11-16(18-14)19(3)15-8-6-5-7-9-15/h5-11,17H,4,12H2,1-3H3. The highest BCUT2D eigenvalue weighted by Crippen LogP contribution is 2.23. The van der Waals surface area contributed by atoms with E-state index in [1.165, 1.54) is 5.56 Å². The number of hydrogen-bond acceptors (Lipinski definition) is 3. The van der Waals surface area contributed by atoms with Gasteiger partial charge in [-0.05, 0) is 43.3 Å². The van der Waals surface area contributed by atoms with Crippen molar-refractivity contribution in [2.24, 2.45) is 0 Å². The van der Waals surface area contributed by atoms with Crippen LogP contribution in [0, 0.1) is 0 Å². The topological polar surface area (TPSA) is 28.2 Å². The van der Waals surface area contributed by atoms with E-state index in [1.54, 1.807) is 0 Å². The van der Waals surface area contributed by atoms with Crippen molar-refractivity contribution in [1.29, 1.82) is 0 Å². The fraction of sp³-hybridized carbons (Fsp3) is 0.312. The average Bonchev–Trinajstić information content (AvgIpc) is 2.47. The third-order valence-electron chi connectivity index (χ3n) is 3.15. The average molecular weight is 255 g/mol. The Balaban J connectivity index is 2.35. The van der Waals surface area contributed by atoms with Gasteiger partial charge in [-0.25, -0.2) is 4.98 Å². The van der Waals surface area contributed by atoms with E-state index in [-0.39, 0.29) is 0 Å². The van der Waals surface area contributed by atoms with Crippen molar-refractivity contribution >= 4 is 11.5 Å². The summed E-state index contributed by atoms with van der Waals surface area (Å²) in [7, 11) is 4.02. The fourth-order valence-corrected chi connectivity index (χ4v) is 2.08. The van der Waals surface area contributed by atoms with Crippen LogP contribution in [0.4, 0.5) is 11.5 Å². The molecule has 0 atom stereocenters. The molecule has 2 rings (SSSR count). The summed E-state index contributed by atoms with van der Waals surface area (Å²) in [4.78, 5) is 6.83. The lowest BCUT2D eigenvalue weighted by molar-refractivity contribution is 0.811. The van der Waals surface area contributed by atoms with Crippen molar-refractivity contribution in [2.75, 3.05) is 19.0 Å². The van der Waals surface area contributed by atoms with Gasteiger partial charge in [-0.2, -0.15) is 0 Å². The summed E-state index contributed by atoms with van der Waals surface area (Å²) in [6.45, 7) is 3.00. The first-order chi connectivity index (χ1) is 9.24. The molecule has 1 heterocycles. The van der Waals surface area contributed by atoms with Crippen LogP contribution in [0.1, 0.15) is 18.2 Å². The van der Waals surface area contributed by atoms with Crippen LogP contribution in [-0.4, -0.2) is 19.1 Å². The van der Waals surface area contributed by atoms with Crippen molar-refractivity contribution < 1.29 is 0 Å². The van der Waals surface area contributed by atoms with E-state index < -0.39 is 0 Å². The fourth-order valence-electron chi connectivity index (χ4n) is 2.08. The molecule has 0 aliphatic heterocycles. The number of anilines is 2. The molecule has 0 saturated heterocycles. The van der Waals surface area contributed by atoms with Crippen molar-refractivity contribution in [2.45, 2.75) is 19.9 Å². The molecule has 1 aromatic heterocycles. The molecule has 19 heavy (non-hydrogen) atoms. The molecule has 3 nitrogen and oxygen atoms in total. The SMILES string of the molecule is CCc1cc(CNC)cc(N(C)c2ccccc2)n1. The first kappa shape index (κ1) is 13.6. The number of aromatic nitrogens is 1. The zero-order valence-corrected chi connectivity index (χ0v) is 11.9. The van der Waals surface area contributed by atoms with Crippen LogP contribution in [0.15, 0.2) is 42.5 Å². The van der Waals surface area contributed by atoms with Crippen molar-refractivity contribution in [3.8, 4) is 0 Å². The van der Waals surface area contributed by atoms with E-state index in [1.807, 2.05) is 25.2 Å². The summed E-state index contributed by atoms with van der Waals surface area (Å²) in [5, 5.41) is 3.19. The Bertz CT molecular complexity index is 523. The van der Waals surface area contributed by atoms with Crippen LogP contribution >= 0.6 is 0 Å². The molecular formula is C16H21N3. The van der Waals surface area contributed by atoms with E-state index in [9.17, 15) is 0 Å². The second kappa shape index (κ2) is 6.34. The van der Waals surface area contributed by atoms with Gasteiger partial charge in [-0.3, -0.25) is 0 Å². The predicted octanol–water partition coefficient (Wildman–Crippen LogP) is 3.13. The number of aryl methyl sites for hydroxylation is 1. The number of para-hydroxylation sites is 1. The lowest BCUT2D eigenvalue weighted by atomic mass is 10.2. The Morgan fingerprint density at radius 2 is 1.89 bits per heavy atom. The molecule has 2 aromatic rings. The van der Waals surface area contributed by atoms with Gasteiger partial charge in [0.2, 0.25) is 0 Å². The molecule has 3 heteroatoms. The number of pyridine rings is 1. The molecule has 0 unspecified atom stereocenters. The summed E-state index contributed by atoms with van der Waals surface area (Å²) in [6.07, 6.45) is 0.952. The van der Waals surface area contributed by atoms with E-state index in [0.717, 1.165) is 30.2 Å². The molecular weight excluding hydrogens is 234 g/mol. The van der Waals surface area contributed by atoms with Gasteiger partial charge in [0.15, 0.2) is 0 Å². The van der Waals surface area contributed by atoms with Gasteiger partial charge in [0.1, 0.15) is 5.82 Å². The third-order valence-corrected chi connectivity index (χ3v) is 3.15. The highest BCUT2D eigenvalue weighted by atomic mass is 15.2. The molecule has 0 spiro atoms. The highest BCUT2D eigenvalue weighted by Gasteiger charge is 2.07. The van der Waals surface area contributed by atoms with Crippen LogP contribution < -0.4 is 10.2 Å². The van der Waals surface area contributed by atoms with E-state index in [4.69, 9.17) is 4.98 Å². The number of hydrogen-bond donors (Lipinski definition) is 1. The van der Waals surface area contributed by atoms with Gasteiger partial charge in [0.05, 0.1) is 0 Å². The Hall–Kier alpha value is -1.87. The number of nitrogens with one attached hydrogen (secondary N) is 1. The van der Waals surface area contributed by atoms with Crippen molar-refractivity contribution in [1.82, 2.24) is 10.3 Å². The maximum absolute atomic E-state index is 4.71. The molecule has 0 radical (unpaired) electrons. The molecule has 0 bridgehead atoms. The molecule has 1 aromatic carbocycles. The molecule has 0 aliphatic rings.